The number of fused-ring (bicyclic) bond motifs is 1. The molecule has 0 saturated heterocycles. The van der Waals surface area contributed by atoms with Crippen LogP contribution in [0, 0.1) is 5.92 Å². The van der Waals surface area contributed by atoms with Crippen molar-refractivity contribution >= 4 is 32.7 Å². The number of hydrogen-bond acceptors (Lipinski definition) is 3. The lowest BCUT2D eigenvalue weighted by molar-refractivity contribution is 0.346. The number of rotatable bonds is 4. The van der Waals surface area contributed by atoms with Gasteiger partial charge in [-0.1, -0.05) is 72.6 Å². The Morgan fingerprint density at radius 3 is 2.41 bits per heavy atom. The van der Waals surface area contributed by atoms with Crippen LogP contribution in [0.25, 0.3) is 16.7 Å². The molecule has 1 fully saturated rings. The summed E-state index contributed by atoms with van der Waals surface area (Å²) in [5.74, 6) is 1.61. The second-order valence-electron chi connectivity index (χ2n) is 6.77. The minimum Gasteiger partial charge on any atom is -0.496 e. The first-order valence-corrected chi connectivity index (χ1v) is 10.7. The molecule has 0 bridgehead atoms. The zero-order chi connectivity index (χ0) is 20.6. The topological polar surface area (TPSA) is 39.4 Å². The van der Waals surface area contributed by atoms with Gasteiger partial charge in [-0.15, -0.1) is 0 Å². The normalized spacial score (nSPS) is 14.2. The maximum atomic E-state index is 12.3. The lowest BCUT2D eigenvalue weighted by atomic mass is 9.88. The minimum absolute atomic E-state index is 0.206. The highest BCUT2D eigenvalue weighted by Crippen LogP contribution is 2.34. The number of benzene rings is 1. The van der Waals surface area contributed by atoms with Gasteiger partial charge >= 0.3 is 5.63 Å². The van der Waals surface area contributed by atoms with E-state index < -0.39 is 5.63 Å². The van der Waals surface area contributed by atoms with E-state index >= 15 is 0 Å². The van der Waals surface area contributed by atoms with Crippen LogP contribution in [0.5, 0.6) is 0 Å². The molecule has 0 radical (unpaired) electrons. The molecule has 1 aromatic heterocycles. The fourth-order valence-electron chi connectivity index (χ4n) is 2.91. The van der Waals surface area contributed by atoms with Crippen molar-refractivity contribution < 1.29 is 9.15 Å². The summed E-state index contributed by atoms with van der Waals surface area (Å²) in [6.45, 7) is 14.3. The van der Waals surface area contributed by atoms with Crippen molar-refractivity contribution in [2.24, 2.45) is 5.92 Å². The average molecular weight is 437 g/mol. The minimum atomic E-state index is -0.411. The third-order valence-corrected chi connectivity index (χ3v) is 5.57. The van der Waals surface area contributed by atoms with Crippen LogP contribution >= 0.6 is 15.9 Å². The Morgan fingerprint density at radius 1 is 1.37 bits per heavy atom. The number of methoxy groups -OCH3 is 1. The lowest BCUT2D eigenvalue weighted by Crippen LogP contribution is -2.13. The second kappa shape index (κ2) is 11.3. The Bertz CT molecular complexity index is 803. The molecule has 3 nitrogen and oxygen atoms in total. The van der Waals surface area contributed by atoms with Crippen molar-refractivity contribution in [3.8, 4) is 0 Å². The zero-order valence-electron chi connectivity index (χ0n) is 17.5. The molecule has 4 heteroatoms. The van der Waals surface area contributed by atoms with Crippen LogP contribution in [0.2, 0.25) is 0 Å². The Labute approximate surface area is 171 Å². The quantitative estimate of drug-likeness (QED) is 0.367. The summed E-state index contributed by atoms with van der Waals surface area (Å²) in [6.07, 6.45) is 5.37. The molecule has 0 N–H and O–H groups in total. The fourth-order valence-corrected chi connectivity index (χ4v) is 3.35. The van der Waals surface area contributed by atoms with Crippen LogP contribution < -0.4 is 5.63 Å². The van der Waals surface area contributed by atoms with Gasteiger partial charge in [0, 0.05) is 5.39 Å². The van der Waals surface area contributed by atoms with Crippen LogP contribution in [0.1, 0.15) is 77.3 Å². The van der Waals surface area contributed by atoms with Gasteiger partial charge in [-0.2, -0.15) is 0 Å². The first kappa shape index (κ1) is 23.5. The average Bonchev–Trinajstić information content (AvgIpc) is 2.67. The summed E-state index contributed by atoms with van der Waals surface area (Å²) in [5.41, 5.74) is 1.53. The van der Waals surface area contributed by atoms with Crippen molar-refractivity contribution in [3.63, 3.8) is 0 Å². The number of hydrogen-bond donors (Lipinski definition) is 0. The molecule has 27 heavy (non-hydrogen) atoms. The maximum Gasteiger partial charge on any atom is 0.347 e. The van der Waals surface area contributed by atoms with Gasteiger partial charge in [-0.3, -0.25) is 0 Å². The highest BCUT2D eigenvalue weighted by molar-refractivity contribution is 9.10. The molecule has 2 aromatic rings. The molecule has 3 rings (SSSR count). The van der Waals surface area contributed by atoms with Crippen LogP contribution in [0.3, 0.4) is 0 Å². The van der Waals surface area contributed by atoms with Gasteiger partial charge < -0.3 is 9.15 Å². The van der Waals surface area contributed by atoms with Gasteiger partial charge in [0.15, 0.2) is 5.58 Å². The molecule has 0 amide bonds. The summed E-state index contributed by atoms with van der Waals surface area (Å²) < 4.78 is 11.4. The zero-order valence-corrected chi connectivity index (χ0v) is 19.1. The maximum absolute atomic E-state index is 12.3. The smallest absolute Gasteiger partial charge is 0.347 e. The van der Waals surface area contributed by atoms with Crippen LogP contribution in [0.4, 0.5) is 0 Å². The number of ether oxygens (including phenoxy) is 1. The van der Waals surface area contributed by atoms with E-state index in [4.69, 9.17) is 9.15 Å². The predicted molar refractivity (Wildman–Crippen MR) is 119 cm³/mol. The van der Waals surface area contributed by atoms with E-state index in [0.717, 1.165) is 27.8 Å². The van der Waals surface area contributed by atoms with Gasteiger partial charge in [-0.05, 0) is 45.8 Å². The molecule has 1 unspecified atom stereocenters. The van der Waals surface area contributed by atoms with Crippen LogP contribution in [-0.4, -0.2) is 7.11 Å². The summed E-state index contributed by atoms with van der Waals surface area (Å²) in [5, 5.41) is 0.918. The molecule has 1 atom stereocenters. The van der Waals surface area contributed by atoms with E-state index in [9.17, 15) is 4.79 Å². The van der Waals surface area contributed by atoms with Crippen molar-refractivity contribution in [3.05, 3.63) is 50.8 Å². The van der Waals surface area contributed by atoms with E-state index in [1.807, 2.05) is 32.0 Å². The van der Waals surface area contributed by atoms with E-state index in [1.165, 1.54) is 26.4 Å². The SMILES string of the molecule is C=C(OC)c1c(C(C)CC)c2cccc(Br)c2oc1=O.CC.CC1CCC1. The van der Waals surface area contributed by atoms with E-state index in [2.05, 4.69) is 43.3 Å². The van der Waals surface area contributed by atoms with Crippen molar-refractivity contribution in [1.82, 2.24) is 0 Å². The largest absolute Gasteiger partial charge is 0.496 e. The summed E-state index contributed by atoms with van der Waals surface area (Å²) >= 11 is 3.43. The molecule has 1 aliphatic rings. The Balaban J connectivity index is 0.000000441. The van der Waals surface area contributed by atoms with Gasteiger partial charge in [-0.25, -0.2) is 4.79 Å². The molecule has 1 heterocycles. The molecule has 1 saturated carbocycles. The number of halogens is 1. The Hall–Kier alpha value is -1.55. The van der Waals surface area contributed by atoms with Crippen molar-refractivity contribution in [2.75, 3.05) is 7.11 Å². The highest BCUT2D eigenvalue weighted by atomic mass is 79.9. The van der Waals surface area contributed by atoms with Gasteiger partial charge in [0.2, 0.25) is 0 Å². The standard InChI is InChI=1S/C16H17BrO3.C5H10.C2H6/c1-5-9(2)13-11-7-6-8-12(17)15(11)20-16(18)14(13)10(3)19-4;1-5-3-2-4-5;1-2/h6-9H,3,5H2,1-2,4H3;5H,2-4H2,1H3;1-2H3. The van der Waals surface area contributed by atoms with E-state index in [0.29, 0.717) is 16.9 Å². The fraction of sp³-hybridized carbons (Fsp3) is 0.522. The molecule has 1 aromatic carbocycles. The van der Waals surface area contributed by atoms with E-state index in [1.54, 1.807) is 0 Å². The first-order chi connectivity index (χ1) is 12.9. The second-order valence-corrected chi connectivity index (χ2v) is 7.62. The molecular formula is C23H33BrO3. The van der Waals surface area contributed by atoms with Gasteiger partial charge in [0.1, 0.15) is 11.3 Å². The molecule has 0 aliphatic heterocycles. The lowest BCUT2D eigenvalue weighted by Gasteiger charge is -2.18. The molecule has 150 valence electrons. The van der Waals surface area contributed by atoms with Gasteiger partial charge in [0.25, 0.3) is 0 Å². The third-order valence-electron chi connectivity index (χ3n) is 4.95. The summed E-state index contributed by atoms with van der Waals surface area (Å²) in [6, 6.07) is 5.74. The Morgan fingerprint density at radius 2 is 1.96 bits per heavy atom. The number of para-hydroxylation sites is 1. The Kier molecular flexibility index (Phi) is 9.86. The van der Waals surface area contributed by atoms with E-state index in [-0.39, 0.29) is 5.92 Å². The van der Waals surface area contributed by atoms with Gasteiger partial charge in [0.05, 0.1) is 11.6 Å². The highest BCUT2D eigenvalue weighted by Gasteiger charge is 2.22. The van der Waals surface area contributed by atoms with Crippen LogP contribution in [-0.2, 0) is 4.74 Å². The molecule has 1 aliphatic carbocycles. The van der Waals surface area contributed by atoms with Crippen molar-refractivity contribution in [1.29, 1.82) is 0 Å². The summed E-state index contributed by atoms with van der Waals surface area (Å²) in [4.78, 5) is 12.3. The molecular weight excluding hydrogens is 404 g/mol. The first-order valence-electron chi connectivity index (χ1n) is 9.89. The van der Waals surface area contributed by atoms with Crippen LogP contribution in [0.15, 0.2) is 38.5 Å². The monoisotopic (exact) mass is 436 g/mol. The van der Waals surface area contributed by atoms with Crippen molar-refractivity contribution in [2.45, 2.75) is 66.2 Å². The predicted octanol–water partition coefficient (Wildman–Crippen LogP) is 7.52. The summed E-state index contributed by atoms with van der Waals surface area (Å²) in [7, 11) is 1.51. The third kappa shape index (κ3) is 5.71. The molecule has 0 spiro atoms.